The molecule has 0 aliphatic heterocycles. The van der Waals surface area contributed by atoms with E-state index in [-0.39, 0.29) is 45.2 Å². The summed E-state index contributed by atoms with van der Waals surface area (Å²) in [6.45, 7) is 15.3. The highest BCUT2D eigenvalue weighted by molar-refractivity contribution is 5.85. The van der Waals surface area contributed by atoms with Crippen molar-refractivity contribution in [2.75, 3.05) is 235 Å². The van der Waals surface area contributed by atoms with Crippen LogP contribution in [-0.2, 0) is 191 Å². The fourth-order valence-corrected chi connectivity index (χ4v) is 11.7. The van der Waals surface area contributed by atoms with Crippen molar-refractivity contribution in [2.24, 2.45) is 0 Å². The van der Waals surface area contributed by atoms with Crippen LogP contribution >= 0.6 is 0 Å². The summed E-state index contributed by atoms with van der Waals surface area (Å²) in [6.07, 6.45) is 26.5. The number of carboxylic acid groups (broad SMARTS) is 1. The number of hydrogen-bond acceptors (Lipinski definition) is 37. The molecular weight excluding hydrogens is 1840 g/mol. The maximum Gasteiger partial charge on any atom is 0.411 e. The summed E-state index contributed by atoms with van der Waals surface area (Å²) in [5.41, 5.74) is 7.03. The van der Waals surface area contributed by atoms with E-state index in [1.54, 1.807) is 0 Å². The number of carbonyl (C=O) groups is 4. The fraction of sp³-hybridized carbons (Fsp3) is 0.720. The number of aliphatic hydroxyl groups is 1. The van der Waals surface area contributed by atoms with Crippen LogP contribution < -0.4 is 10.6 Å². The highest BCUT2D eigenvalue weighted by Gasteiger charge is 2.13. The summed E-state index contributed by atoms with van der Waals surface area (Å²) < 4.78 is 21.8. The van der Waals surface area contributed by atoms with Crippen molar-refractivity contribution >= 4 is 35.5 Å². The number of nitrogens with one attached hydrogen (secondary N) is 2. The Labute approximate surface area is 826 Å². The molecule has 40 heteroatoms. The van der Waals surface area contributed by atoms with Crippen LogP contribution in [0.4, 0.5) is 21.0 Å². The van der Waals surface area contributed by atoms with Crippen molar-refractivity contribution in [1.29, 1.82) is 0 Å². The van der Waals surface area contributed by atoms with Crippen molar-refractivity contribution in [3.05, 3.63) is 130 Å². The first kappa shape index (κ1) is 125. The minimum atomic E-state index is -0.860. The van der Waals surface area contributed by atoms with E-state index in [2.05, 4.69) is 10.6 Å². The number of hydrogen-bond donors (Lipinski definition) is 4. The quantitative estimate of drug-likeness (QED) is 0.0105. The van der Waals surface area contributed by atoms with E-state index in [0.29, 0.717) is 248 Å². The first-order valence-corrected chi connectivity index (χ1v) is 50.4. The lowest BCUT2D eigenvalue weighted by Gasteiger charge is -2.10. The standard InChI is InChI=1S/C100H164N2O38/c103-51-1-2-57-113-115-59-9-10-61-117-119-63-13-14-65-121-123-67-17-18-69-125-127-71-21-22-73-129-131-75-25-26-77-133-135-79-29-30-81-137-139-83-33-34-84-140-138-82-32-31-80-136-134-78-28-27-76-132-130-74-24-23-72-128-126-70-20-19-68-124-122-66-16-15-64-120-118-62-12-11-60-116-114-58-8-4-53-109-52-3-5-55-111-99(107)101-95-47-43-91(44-48-95)86-92-45-49-96(50-46-92)102-100(108)112-56-7-6-54-110-98(106)88-94-41-37-90(38-42-94)85-89-35-39-93(40-36-89)87-97(104)105/h35-50,103H,1-34,51-88H2,(H,101,107)(H,102,108)(H,104,105). The molecule has 0 fully saturated rings. The number of carbonyl (C=O) groups excluding carboxylic acids is 3. The Morgan fingerprint density at radius 1 is 0.186 bits per heavy atom. The molecule has 0 radical (unpaired) electrons. The molecule has 0 aliphatic rings. The largest absolute Gasteiger partial charge is 0.481 e. The van der Waals surface area contributed by atoms with Crippen molar-refractivity contribution in [1.82, 2.24) is 0 Å². The lowest BCUT2D eigenvalue weighted by Crippen LogP contribution is -2.15. The number of unbranched alkanes of at least 4 members (excludes halogenated alkanes) is 17. The van der Waals surface area contributed by atoms with Crippen molar-refractivity contribution in [3.63, 3.8) is 0 Å². The number of aliphatic hydroxyl groups excluding tert-OH is 1. The number of amides is 2. The van der Waals surface area contributed by atoms with Crippen molar-refractivity contribution in [2.45, 2.75) is 244 Å². The average molecular weight is 2000 g/mol. The first-order chi connectivity index (χ1) is 69.2. The molecular formula is C100H164N2O38. The molecule has 0 heterocycles. The van der Waals surface area contributed by atoms with E-state index in [9.17, 15) is 19.2 Å². The predicted molar refractivity (Wildman–Crippen MR) is 509 cm³/mol. The SMILES string of the molecule is O=C(O)Cc1ccc(Cc2ccc(CC(=O)OCCCCOC(=O)Nc3ccc(Cc4ccc(NC(=O)OCCCCOCCCCOOCCCCOOCCCCOOCCCCOOCCCCOOCCCCOOCCCCOOCCCCOOCCCCOOCCCCOOCCCCOOCCCCOOCCCCOOCCCCOOCCCCO)cc4)cc3)cc2)cc1. The van der Waals surface area contributed by atoms with E-state index < -0.39 is 18.2 Å². The lowest BCUT2D eigenvalue weighted by molar-refractivity contribution is -0.312. The molecule has 802 valence electrons. The Morgan fingerprint density at radius 3 is 0.536 bits per heavy atom. The molecule has 0 spiro atoms. The number of anilines is 2. The van der Waals surface area contributed by atoms with Crippen LogP contribution in [-0.4, -0.2) is 259 Å². The van der Waals surface area contributed by atoms with Crippen LogP contribution in [0.15, 0.2) is 97.1 Å². The second-order valence-corrected chi connectivity index (χ2v) is 32.2. The number of aliphatic carboxylic acids is 1. The molecule has 4 aromatic carbocycles. The molecule has 4 aromatic rings. The van der Waals surface area contributed by atoms with Gasteiger partial charge >= 0.3 is 24.1 Å². The summed E-state index contributed by atoms with van der Waals surface area (Å²) in [5, 5.41) is 23.2. The van der Waals surface area contributed by atoms with E-state index >= 15 is 0 Å². The van der Waals surface area contributed by atoms with Gasteiger partial charge in [0.15, 0.2) is 0 Å². The minimum absolute atomic E-state index is 0.00570. The Balaban J connectivity index is 0.715. The van der Waals surface area contributed by atoms with Crippen LogP contribution in [0.1, 0.15) is 252 Å². The van der Waals surface area contributed by atoms with Gasteiger partial charge in [-0.25, -0.2) is 146 Å². The van der Waals surface area contributed by atoms with Crippen LogP contribution in [0, 0.1) is 0 Å². The zero-order chi connectivity index (χ0) is 99.2. The number of carboxylic acids is 1. The molecule has 40 nitrogen and oxygen atoms in total. The van der Waals surface area contributed by atoms with Gasteiger partial charge in [0.25, 0.3) is 0 Å². The van der Waals surface area contributed by atoms with Gasteiger partial charge in [0.1, 0.15) is 0 Å². The van der Waals surface area contributed by atoms with Gasteiger partial charge < -0.3 is 29.2 Å². The van der Waals surface area contributed by atoms with E-state index in [0.717, 1.165) is 226 Å². The summed E-state index contributed by atoms with van der Waals surface area (Å²) >= 11 is 0. The highest BCUT2D eigenvalue weighted by atomic mass is 17.2. The van der Waals surface area contributed by atoms with E-state index in [4.69, 9.17) is 166 Å². The van der Waals surface area contributed by atoms with Gasteiger partial charge in [0, 0.05) is 31.2 Å². The van der Waals surface area contributed by atoms with E-state index in [1.807, 2.05) is 97.1 Å². The Kier molecular flexibility index (Phi) is 89.2. The third-order valence-electron chi connectivity index (χ3n) is 19.7. The van der Waals surface area contributed by atoms with Gasteiger partial charge in [-0.05, 0) is 289 Å². The highest BCUT2D eigenvalue weighted by Crippen LogP contribution is 2.20. The smallest absolute Gasteiger partial charge is 0.411 e. The van der Waals surface area contributed by atoms with Crippen LogP contribution in [0.3, 0.4) is 0 Å². The molecule has 0 aliphatic carbocycles. The lowest BCUT2D eigenvalue weighted by atomic mass is 10.0. The Bertz CT molecular complexity index is 3350. The maximum absolute atomic E-state index is 12.4. The summed E-state index contributed by atoms with van der Waals surface area (Å²) in [6, 6.07) is 30.2. The van der Waals surface area contributed by atoms with Gasteiger partial charge in [0.05, 0.1) is 218 Å². The van der Waals surface area contributed by atoms with Gasteiger partial charge in [-0.1, -0.05) is 72.8 Å². The van der Waals surface area contributed by atoms with Gasteiger partial charge in [-0.15, -0.1) is 0 Å². The number of rotatable bonds is 108. The topological polar surface area (TPSA) is 428 Å². The summed E-state index contributed by atoms with van der Waals surface area (Å²) in [7, 11) is 0. The van der Waals surface area contributed by atoms with Gasteiger partial charge in [0.2, 0.25) is 0 Å². The monoisotopic (exact) mass is 2000 g/mol. The minimum Gasteiger partial charge on any atom is -0.481 e. The first-order valence-electron chi connectivity index (χ1n) is 50.4. The van der Waals surface area contributed by atoms with Crippen LogP contribution in [0.25, 0.3) is 0 Å². The Morgan fingerprint density at radius 2 is 0.343 bits per heavy atom. The number of benzene rings is 4. The van der Waals surface area contributed by atoms with Gasteiger partial charge in [-0.3, -0.25) is 20.2 Å². The fourth-order valence-electron chi connectivity index (χ4n) is 11.7. The third kappa shape index (κ3) is 85.6. The average Bonchev–Trinajstić information content (AvgIpc) is 0.881. The summed E-state index contributed by atoms with van der Waals surface area (Å²) in [5.74, 6) is -1.19. The molecule has 0 bridgehead atoms. The van der Waals surface area contributed by atoms with Gasteiger partial charge in [-0.2, -0.15) is 0 Å². The molecule has 0 unspecified atom stereocenters. The predicted octanol–water partition coefficient (Wildman–Crippen LogP) is 17.9. The normalized spacial score (nSPS) is 11.5. The number of esters is 1. The van der Waals surface area contributed by atoms with E-state index in [1.165, 1.54) is 0 Å². The zero-order valence-electron chi connectivity index (χ0n) is 82.7. The third-order valence-corrected chi connectivity index (χ3v) is 19.7. The Hall–Kier alpha value is -6.84. The second kappa shape index (κ2) is 99.5. The molecule has 2 amide bonds. The molecule has 0 aromatic heterocycles. The second-order valence-electron chi connectivity index (χ2n) is 32.2. The molecule has 0 saturated carbocycles. The van der Waals surface area contributed by atoms with Crippen LogP contribution in [0.2, 0.25) is 0 Å². The molecule has 0 atom stereocenters. The van der Waals surface area contributed by atoms with Crippen molar-refractivity contribution < 1.29 is 185 Å². The van der Waals surface area contributed by atoms with Crippen molar-refractivity contribution in [3.8, 4) is 0 Å². The maximum atomic E-state index is 12.4. The molecule has 140 heavy (non-hydrogen) atoms. The summed E-state index contributed by atoms with van der Waals surface area (Å²) in [4.78, 5) is 194. The number of ether oxygens (including phenoxy) is 4. The van der Waals surface area contributed by atoms with Crippen LogP contribution in [0.5, 0.6) is 0 Å². The molecule has 4 N–H and O–H groups in total. The molecule has 4 rings (SSSR count). The zero-order valence-corrected chi connectivity index (χ0v) is 82.7. The molecule has 0 saturated heterocycles.